The Bertz CT molecular complexity index is 566. The van der Waals surface area contributed by atoms with Gasteiger partial charge in [0, 0.05) is 19.6 Å². The molecule has 0 aromatic heterocycles. The molecule has 2 fully saturated rings. The van der Waals surface area contributed by atoms with E-state index in [2.05, 4.69) is 29.0 Å². The van der Waals surface area contributed by atoms with Crippen LogP contribution >= 0.6 is 0 Å². The van der Waals surface area contributed by atoms with E-state index >= 15 is 0 Å². The fourth-order valence-corrected chi connectivity index (χ4v) is 4.85. The van der Waals surface area contributed by atoms with E-state index in [4.69, 9.17) is 0 Å². The number of piperidine rings is 2. The number of carbonyl (C=O) groups is 2. The summed E-state index contributed by atoms with van der Waals surface area (Å²) >= 11 is 0. The second-order valence-electron chi connectivity index (χ2n) is 10.9. The van der Waals surface area contributed by atoms with Crippen LogP contribution in [0, 0.1) is 11.3 Å². The van der Waals surface area contributed by atoms with Crippen LogP contribution < -0.4 is 5.32 Å². The summed E-state index contributed by atoms with van der Waals surface area (Å²) in [6, 6.07) is -0.501. The molecule has 2 amide bonds. The summed E-state index contributed by atoms with van der Waals surface area (Å²) in [4.78, 5) is 33.3. The lowest BCUT2D eigenvalue weighted by Crippen LogP contribution is -2.60. The van der Waals surface area contributed by atoms with Gasteiger partial charge in [0.05, 0.1) is 6.04 Å². The SMILES string of the molecule is CC(C)[C@@H](CN1CCCCC1)N(C)C(=O)[C@@H](NC(=O)[C@H]1CCCCN1C)C(C)(C)C. The van der Waals surface area contributed by atoms with Crippen molar-refractivity contribution in [1.82, 2.24) is 20.0 Å². The topological polar surface area (TPSA) is 55.9 Å². The van der Waals surface area contributed by atoms with E-state index in [1.54, 1.807) is 0 Å². The Morgan fingerprint density at radius 1 is 1.03 bits per heavy atom. The normalized spacial score (nSPS) is 23.8. The third-order valence-electron chi connectivity index (χ3n) is 6.98. The Labute approximate surface area is 184 Å². The minimum Gasteiger partial charge on any atom is -0.342 e. The first kappa shape index (κ1) is 25.1. The molecule has 2 aliphatic rings. The molecule has 0 radical (unpaired) electrons. The summed E-state index contributed by atoms with van der Waals surface area (Å²) in [5.74, 6) is 0.391. The number of nitrogens with zero attached hydrogens (tertiary/aromatic N) is 3. The van der Waals surface area contributed by atoms with Crippen molar-refractivity contribution < 1.29 is 9.59 Å². The van der Waals surface area contributed by atoms with Crippen LogP contribution in [0.1, 0.15) is 73.1 Å². The monoisotopic (exact) mass is 422 g/mol. The van der Waals surface area contributed by atoms with Crippen molar-refractivity contribution in [3.8, 4) is 0 Å². The van der Waals surface area contributed by atoms with Crippen molar-refractivity contribution >= 4 is 11.8 Å². The summed E-state index contributed by atoms with van der Waals surface area (Å²) in [6.07, 6.45) is 6.88. The molecule has 0 aliphatic carbocycles. The maximum atomic E-state index is 13.7. The lowest BCUT2D eigenvalue weighted by Gasteiger charge is -2.41. The van der Waals surface area contributed by atoms with Crippen molar-refractivity contribution in [3.05, 3.63) is 0 Å². The maximum Gasteiger partial charge on any atom is 0.245 e. The van der Waals surface area contributed by atoms with E-state index in [-0.39, 0.29) is 29.3 Å². The van der Waals surface area contributed by atoms with Gasteiger partial charge in [-0.1, -0.05) is 47.5 Å². The number of hydrogen-bond donors (Lipinski definition) is 1. The summed E-state index contributed by atoms with van der Waals surface area (Å²) in [6.45, 7) is 14.6. The first-order chi connectivity index (χ1) is 14.0. The van der Waals surface area contributed by atoms with E-state index in [1.165, 1.54) is 19.3 Å². The van der Waals surface area contributed by atoms with Crippen molar-refractivity contribution in [2.75, 3.05) is 40.3 Å². The minimum absolute atomic E-state index is 0.00370. The van der Waals surface area contributed by atoms with Gasteiger partial charge in [-0.2, -0.15) is 0 Å². The highest BCUT2D eigenvalue weighted by molar-refractivity contribution is 5.90. The number of rotatable bonds is 7. The lowest BCUT2D eigenvalue weighted by atomic mass is 9.84. The number of nitrogens with one attached hydrogen (secondary N) is 1. The van der Waals surface area contributed by atoms with Gasteiger partial charge in [-0.25, -0.2) is 0 Å². The van der Waals surface area contributed by atoms with Crippen molar-refractivity contribution in [3.63, 3.8) is 0 Å². The van der Waals surface area contributed by atoms with Crippen LogP contribution in [0.4, 0.5) is 0 Å². The molecule has 0 aromatic rings. The van der Waals surface area contributed by atoms with Gasteiger partial charge in [0.15, 0.2) is 0 Å². The van der Waals surface area contributed by atoms with Crippen LogP contribution in [-0.2, 0) is 9.59 Å². The van der Waals surface area contributed by atoms with E-state index < -0.39 is 6.04 Å². The van der Waals surface area contributed by atoms with Crippen LogP contribution in [0.25, 0.3) is 0 Å². The molecule has 0 spiro atoms. The molecule has 174 valence electrons. The predicted molar refractivity (Wildman–Crippen MR) is 123 cm³/mol. The number of likely N-dealkylation sites (N-methyl/N-ethyl adjacent to an activating group) is 2. The van der Waals surface area contributed by atoms with Gasteiger partial charge < -0.3 is 15.1 Å². The highest BCUT2D eigenvalue weighted by atomic mass is 16.2. The molecule has 0 saturated carbocycles. The Morgan fingerprint density at radius 3 is 2.17 bits per heavy atom. The van der Waals surface area contributed by atoms with Crippen LogP contribution in [0.2, 0.25) is 0 Å². The van der Waals surface area contributed by atoms with E-state index in [0.29, 0.717) is 5.92 Å². The quantitative estimate of drug-likeness (QED) is 0.685. The van der Waals surface area contributed by atoms with Gasteiger partial charge >= 0.3 is 0 Å². The van der Waals surface area contributed by atoms with Crippen molar-refractivity contribution in [2.24, 2.45) is 11.3 Å². The van der Waals surface area contributed by atoms with E-state index in [1.807, 2.05) is 39.8 Å². The molecule has 2 saturated heterocycles. The van der Waals surface area contributed by atoms with Gasteiger partial charge in [-0.15, -0.1) is 0 Å². The average Bonchev–Trinajstić information content (AvgIpc) is 2.69. The Kier molecular flexibility index (Phi) is 9.16. The largest absolute Gasteiger partial charge is 0.342 e. The number of hydrogen-bond acceptors (Lipinski definition) is 4. The molecular formula is C24H46N4O2. The van der Waals surface area contributed by atoms with Crippen LogP contribution in [-0.4, -0.2) is 84.9 Å². The third kappa shape index (κ3) is 6.68. The predicted octanol–water partition coefficient (Wildman–Crippen LogP) is 2.97. The average molecular weight is 423 g/mol. The van der Waals surface area contributed by atoms with Crippen LogP contribution in [0.15, 0.2) is 0 Å². The molecule has 1 N–H and O–H groups in total. The lowest BCUT2D eigenvalue weighted by molar-refractivity contribution is -0.142. The fourth-order valence-electron chi connectivity index (χ4n) is 4.85. The molecule has 6 heteroatoms. The fraction of sp³-hybridized carbons (Fsp3) is 0.917. The van der Waals surface area contributed by atoms with Crippen molar-refractivity contribution in [2.45, 2.75) is 91.3 Å². The Balaban J connectivity index is 2.12. The molecular weight excluding hydrogens is 376 g/mol. The smallest absolute Gasteiger partial charge is 0.245 e. The summed E-state index contributed by atoms with van der Waals surface area (Å²) in [5.41, 5.74) is -0.346. The van der Waals surface area contributed by atoms with Gasteiger partial charge in [0.25, 0.3) is 0 Å². The Hall–Kier alpha value is -1.14. The summed E-state index contributed by atoms with van der Waals surface area (Å²) < 4.78 is 0. The third-order valence-corrected chi connectivity index (χ3v) is 6.98. The van der Waals surface area contributed by atoms with E-state index in [0.717, 1.165) is 45.4 Å². The molecule has 2 heterocycles. The first-order valence-corrected chi connectivity index (χ1v) is 12.0. The molecule has 2 rings (SSSR count). The molecule has 6 nitrogen and oxygen atoms in total. The number of carbonyl (C=O) groups excluding carboxylic acids is 2. The molecule has 2 aliphatic heterocycles. The van der Waals surface area contributed by atoms with Gasteiger partial charge in [-0.05, 0) is 63.7 Å². The second-order valence-corrected chi connectivity index (χ2v) is 10.9. The summed E-state index contributed by atoms with van der Waals surface area (Å²) in [7, 11) is 3.94. The molecule has 0 unspecified atom stereocenters. The first-order valence-electron chi connectivity index (χ1n) is 12.0. The molecule has 0 aromatic carbocycles. The zero-order chi connectivity index (χ0) is 22.5. The standard InChI is InChI=1S/C24H46N4O2/c1-18(2)20(17-28-15-10-8-11-16-28)27(7)23(30)21(24(3,4)5)25-22(29)19-13-9-12-14-26(19)6/h18-21H,8-17H2,1-7H3,(H,25,29)/t19-,20-,21-/m1/s1. The highest BCUT2D eigenvalue weighted by Gasteiger charge is 2.39. The zero-order valence-corrected chi connectivity index (χ0v) is 20.5. The van der Waals surface area contributed by atoms with Gasteiger partial charge in [-0.3, -0.25) is 14.5 Å². The van der Waals surface area contributed by atoms with E-state index in [9.17, 15) is 9.59 Å². The molecule has 0 bridgehead atoms. The van der Waals surface area contributed by atoms with Gasteiger partial charge in [0.1, 0.15) is 6.04 Å². The van der Waals surface area contributed by atoms with Crippen LogP contribution in [0.3, 0.4) is 0 Å². The summed E-state index contributed by atoms with van der Waals surface area (Å²) in [5, 5.41) is 3.15. The van der Waals surface area contributed by atoms with Gasteiger partial charge in [0.2, 0.25) is 11.8 Å². The number of likely N-dealkylation sites (tertiary alicyclic amines) is 2. The second kappa shape index (κ2) is 10.9. The Morgan fingerprint density at radius 2 is 1.63 bits per heavy atom. The maximum absolute atomic E-state index is 13.7. The minimum atomic E-state index is -0.520. The molecule has 30 heavy (non-hydrogen) atoms. The molecule has 3 atom stereocenters. The number of amides is 2. The van der Waals surface area contributed by atoms with Crippen LogP contribution in [0.5, 0.6) is 0 Å². The zero-order valence-electron chi connectivity index (χ0n) is 20.5. The highest BCUT2D eigenvalue weighted by Crippen LogP contribution is 2.25. The van der Waals surface area contributed by atoms with Crippen molar-refractivity contribution in [1.29, 1.82) is 0 Å².